The average molecular weight is 263 g/mol. The van der Waals surface area contributed by atoms with Gasteiger partial charge in [0.25, 0.3) is 0 Å². The van der Waals surface area contributed by atoms with Crippen molar-refractivity contribution in [2.24, 2.45) is 0 Å². The average Bonchev–Trinajstić information content (AvgIpc) is 2.89. The number of aliphatic hydroxyl groups excluding tert-OH is 1. The summed E-state index contributed by atoms with van der Waals surface area (Å²) >= 11 is 0. The molecule has 1 aromatic carbocycles. The van der Waals surface area contributed by atoms with E-state index >= 15 is 0 Å². The number of nitrogens with one attached hydrogen (secondary N) is 1. The van der Waals surface area contributed by atoms with Crippen LogP contribution in [0.25, 0.3) is 0 Å². The van der Waals surface area contributed by atoms with Crippen LogP contribution in [-0.4, -0.2) is 34.4 Å². The molecule has 0 bridgehead atoms. The molecule has 19 heavy (non-hydrogen) atoms. The normalized spacial score (nSPS) is 19.2. The zero-order valence-corrected chi connectivity index (χ0v) is 11.0. The molecule has 0 amide bonds. The van der Waals surface area contributed by atoms with E-state index in [2.05, 4.69) is 5.32 Å². The Morgan fingerprint density at radius 1 is 1.26 bits per heavy atom. The van der Waals surface area contributed by atoms with Crippen molar-refractivity contribution in [3.63, 3.8) is 0 Å². The van der Waals surface area contributed by atoms with Gasteiger partial charge in [0.2, 0.25) is 0 Å². The van der Waals surface area contributed by atoms with E-state index in [1.165, 1.54) is 0 Å². The number of aliphatic carboxylic acids is 1. The van der Waals surface area contributed by atoms with Gasteiger partial charge in [-0.25, -0.2) is 0 Å². The summed E-state index contributed by atoms with van der Waals surface area (Å²) in [4.78, 5) is 11.5. The van der Waals surface area contributed by atoms with Crippen molar-refractivity contribution in [1.82, 2.24) is 5.32 Å². The number of carboxylic acid groups (broad SMARTS) is 1. The molecule has 3 N–H and O–H groups in total. The molecular weight excluding hydrogens is 242 g/mol. The van der Waals surface area contributed by atoms with E-state index in [1.807, 2.05) is 30.3 Å². The topological polar surface area (TPSA) is 69.6 Å². The molecule has 2 rings (SSSR count). The van der Waals surface area contributed by atoms with Gasteiger partial charge in [-0.1, -0.05) is 43.2 Å². The fourth-order valence-corrected chi connectivity index (χ4v) is 2.85. The number of carbonyl (C=O) groups is 1. The molecule has 1 aliphatic carbocycles. The predicted octanol–water partition coefficient (Wildman–Crippen LogP) is 1.58. The zero-order chi connectivity index (χ0) is 13.7. The van der Waals surface area contributed by atoms with Gasteiger partial charge in [-0.05, 0) is 24.8 Å². The Hall–Kier alpha value is -1.39. The molecule has 4 nitrogen and oxygen atoms in total. The summed E-state index contributed by atoms with van der Waals surface area (Å²) in [6.45, 7) is -0.0517. The number of hydrogen-bond donors (Lipinski definition) is 3. The monoisotopic (exact) mass is 263 g/mol. The SMILES string of the molecule is O=C(O)C1(N[C@H](CO)Cc2ccccc2)CCCC1. The summed E-state index contributed by atoms with van der Waals surface area (Å²) in [6, 6.07) is 9.62. The fourth-order valence-electron chi connectivity index (χ4n) is 2.85. The fraction of sp³-hybridized carbons (Fsp3) is 0.533. The van der Waals surface area contributed by atoms with Crippen molar-refractivity contribution >= 4 is 5.97 Å². The van der Waals surface area contributed by atoms with Crippen LogP contribution in [0.5, 0.6) is 0 Å². The minimum Gasteiger partial charge on any atom is -0.480 e. The minimum atomic E-state index is -0.845. The van der Waals surface area contributed by atoms with E-state index in [4.69, 9.17) is 0 Å². The van der Waals surface area contributed by atoms with E-state index in [-0.39, 0.29) is 12.6 Å². The highest BCUT2D eigenvalue weighted by molar-refractivity contribution is 5.79. The highest BCUT2D eigenvalue weighted by Gasteiger charge is 2.42. The molecule has 1 aliphatic rings. The Balaban J connectivity index is 2.04. The van der Waals surface area contributed by atoms with Crippen molar-refractivity contribution in [1.29, 1.82) is 0 Å². The van der Waals surface area contributed by atoms with Crippen molar-refractivity contribution in [3.8, 4) is 0 Å². The van der Waals surface area contributed by atoms with Gasteiger partial charge in [0.05, 0.1) is 6.61 Å². The van der Waals surface area contributed by atoms with Gasteiger partial charge in [-0.15, -0.1) is 0 Å². The van der Waals surface area contributed by atoms with Crippen molar-refractivity contribution in [2.75, 3.05) is 6.61 Å². The molecule has 0 aliphatic heterocycles. The van der Waals surface area contributed by atoms with Crippen molar-refractivity contribution in [2.45, 2.75) is 43.7 Å². The van der Waals surface area contributed by atoms with Gasteiger partial charge < -0.3 is 10.2 Å². The van der Waals surface area contributed by atoms with Gasteiger partial charge in [0.15, 0.2) is 0 Å². The smallest absolute Gasteiger partial charge is 0.323 e. The summed E-state index contributed by atoms with van der Waals surface area (Å²) in [5.74, 6) is -0.795. The van der Waals surface area contributed by atoms with Crippen LogP contribution in [0.4, 0.5) is 0 Å². The lowest BCUT2D eigenvalue weighted by Gasteiger charge is -2.30. The summed E-state index contributed by atoms with van der Waals surface area (Å²) in [5, 5.41) is 22.1. The molecule has 0 spiro atoms. The highest BCUT2D eigenvalue weighted by Crippen LogP contribution is 2.30. The molecule has 0 aromatic heterocycles. The molecule has 0 heterocycles. The van der Waals surface area contributed by atoms with Gasteiger partial charge >= 0.3 is 5.97 Å². The summed E-state index contributed by atoms with van der Waals surface area (Å²) in [5.41, 5.74) is 0.259. The first-order valence-corrected chi connectivity index (χ1v) is 6.82. The van der Waals surface area contributed by atoms with Crippen LogP contribution >= 0.6 is 0 Å². The molecule has 4 heteroatoms. The lowest BCUT2D eigenvalue weighted by atomic mass is 9.95. The Labute approximate surface area is 113 Å². The summed E-state index contributed by atoms with van der Waals surface area (Å²) < 4.78 is 0. The van der Waals surface area contributed by atoms with Crippen LogP contribution in [0.1, 0.15) is 31.2 Å². The van der Waals surface area contributed by atoms with Crippen molar-refractivity contribution < 1.29 is 15.0 Å². The van der Waals surface area contributed by atoms with E-state index in [9.17, 15) is 15.0 Å². The van der Waals surface area contributed by atoms with Crippen LogP contribution in [-0.2, 0) is 11.2 Å². The number of carboxylic acids is 1. The van der Waals surface area contributed by atoms with E-state index in [0.717, 1.165) is 18.4 Å². The van der Waals surface area contributed by atoms with Gasteiger partial charge in [0.1, 0.15) is 5.54 Å². The van der Waals surface area contributed by atoms with Crippen LogP contribution in [0.15, 0.2) is 30.3 Å². The third kappa shape index (κ3) is 3.33. The van der Waals surface area contributed by atoms with Gasteiger partial charge in [0, 0.05) is 6.04 Å². The molecule has 104 valence electrons. The first kappa shape index (κ1) is 14.0. The molecule has 0 radical (unpaired) electrons. The third-order valence-corrected chi connectivity index (χ3v) is 3.89. The number of aliphatic hydroxyl groups is 1. The van der Waals surface area contributed by atoms with E-state index in [0.29, 0.717) is 19.3 Å². The Morgan fingerprint density at radius 3 is 2.42 bits per heavy atom. The standard InChI is InChI=1S/C15H21NO3/c17-11-13(10-12-6-2-1-3-7-12)16-15(14(18)19)8-4-5-9-15/h1-3,6-7,13,16-17H,4-5,8-11H2,(H,18,19)/t13-/m0/s1. The highest BCUT2D eigenvalue weighted by atomic mass is 16.4. The summed E-state index contributed by atoms with van der Waals surface area (Å²) in [7, 11) is 0. The van der Waals surface area contributed by atoms with Gasteiger partial charge in [-0.3, -0.25) is 10.1 Å². The van der Waals surface area contributed by atoms with Crippen molar-refractivity contribution in [3.05, 3.63) is 35.9 Å². The van der Waals surface area contributed by atoms with Crippen LogP contribution in [0.3, 0.4) is 0 Å². The maximum absolute atomic E-state index is 11.5. The lowest BCUT2D eigenvalue weighted by Crippen LogP contribution is -2.55. The molecule has 0 unspecified atom stereocenters. The molecule has 0 saturated heterocycles. The number of benzene rings is 1. The molecule has 1 saturated carbocycles. The molecule has 1 fully saturated rings. The molecular formula is C15H21NO3. The summed E-state index contributed by atoms with van der Waals surface area (Å²) in [6.07, 6.45) is 3.80. The number of hydrogen-bond acceptors (Lipinski definition) is 3. The van der Waals surface area contributed by atoms with Crippen LogP contribution in [0.2, 0.25) is 0 Å². The Kier molecular flexibility index (Phi) is 4.56. The Morgan fingerprint density at radius 2 is 1.89 bits per heavy atom. The molecule has 1 aromatic rings. The number of rotatable bonds is 6. The second-order valence-electron chi connectivity index (χ2n) is 5.31. The second-order valence-corrected chi connectivity index (χ2v) is 5.31. The van der Waals surface area contributed by atoms with Crippen LogP contribution < -0.4 is 5.32 Å². The molecule has 1 atom stereocenters. The first-order valence-electron chi connectivity index (χ1n) is 6.82. The van der Waals surface area contributed by atoms with E-state index < -0.39 is 11.5 Å². The van der Waals surface area contributed by atoms with E-state index in [1.54, 1.807) is 0 Å². The first-order chi connectivity index (χ1) is 9.16. The lowest BCUT2D eigenvalue weighted by molar-refractivity contribution is -0.145. The largest absolute Gasteiger partial charge is 0.480 e. The van der Waals surface area contributed by atoms with Crippen LogP contribution in [0, 0.1) is 0 Å². The third-order valence-electron chi connectivity index (χ3n) is 3.89. The predicted molar refractivity (Wildman–Crippen MR) is 73.0 cm³/mol. The maximum Gasteiger partial charge on any atom is 0.323 e. The minimum absolute atomic E-state index is 0.0517. The Bertz CT molecular complexity index is 413. The van der Waals surface area contributed by atoms with Gasteiger partial charge in [-0.2, -0.15) is 0 Å². The zero-order valence-electron chi connectivity index (χ0n) is 11.0. The second kappa shape index (κ2) is 6.17. The maximum atomic E-state index is 11.5. The quantitative estimate of drug-likeness (QED) is 0.729.